The van der Waals surface area contributed by atoms with E-state index < -0.39 is 24.2 Å². The second-order valence-corrected chi connectivity index (χ2v) is 7.52. The smallest absolute Gasteiger partial charge is 0.410 e. The zero-order valence-corrected chi connectivity index (χ0v) is 17.0. The first kappa shape index (κ1) is 21.0. The van der Waals surface area contributed by atoms with E-state index in [2.05, 4.69) is 15.7 Å². The monoisotopic (exact) mass is 450 g/mol. The molecule has 2 aromatic carbocycles. The number of carbonyl (C=O) groups is 1. The molecule has 10 heteroatoms. The molecule has 4 rings (SSSR count). The Bertz CT molecular complexity index is 1100. The predicted molar refractivity (Wildman–Crippen MR) is 111 cm³/mol. The van der Waals surface area contributed by atoms with Gasteiger partial charge in [0.15, 0.2) is 6.04 Å². The van der Waals surface area contributed by atoms with E-state index in [4.69, 9.17) is 16.3 Å². The number of carbonyl (C=O) groups excluding carboxylic acids is 1. The summed E-state index contributed by atoms with van der Waals surface area (Å²) in [6.07, 6.45) is -3.67. The summed E-state index contributed by atoms with van der Waals surface area (Å²) >= 11 is 5.85. The Morgan fingerprint density at radius 3 is 2.68 bits per heavy atom. The quantitative estimate of drug-likeness (QED) is 0.554. The Morgan fingerprint density at radius 2 is 2.00 bits per heavy atom. The van der Waals surface area contributed by atoms with Gasteiger partial charge in [-0.25, -0.2) is 4.68 Å². The third-order valence-corrected chi connectivity index (χ3v) is 5.33. The van der Waals surface area contributed by atoms with Gasteiger partial charge in [0.25, 0.3) is 5.91 Å². The molecule has 0 radical (unpaired) electrons. The molecule has 0 aliphatic carbocycles. The lowest BCUT2D eigenvalue weighted by atomic mass is 9.96. The highest BCUT2D eigenvalue weighted by Gasteiger charge is 2.47. The minimum absolute atomic E-state index is 0.00728. The normalized spacial score (nSPS) is 18.1. The second kappa shape index (κ2) is 8.14. The lowest BCUT2D eigenvalue weighted by molar-refractivity contribution is -0.173. The van der Waals surface area contributed by atoms with Gasteiger partial charge in [0.05, 0.1) is 19.3 Å². The van der Waals surface area contributed by atoms with Gasteiger partial charge in [-0.3, -0.25) is 4.79 Å². The van der Waals surface area contributed by atoms with Crippen LogP contribution in [0.5, 0.6) is 5.75 Å². The van der Waals surface area contributed by atoms with E-state index in [9.17, 15) is 18.0 Å². The lowest BCUT2D eigenvalue weighted by Crippen LogP contribution is -2.36. The first-order valence-corrected chi connectivity index (χ1v) is 9.75. The Kier molecular flexibility index (Phi) is 5.53. The van der Waals surface area contributed by atoms with Crippen molar-refractivity contribution in [1.29, 1.82) is 0 Å². The molecule has 0 saturated carbocycles. The number of amides is 1. The molecular formula is C21H18ClF3N4O2. The summed E-state index contributed by atoms with van der Waals surface area (Å²) in [5, 5.41) is 10.1. The Balaban J connectivity index is 1.68. The first-order valence-electron chi connectivity index (χ1n) is 9.38. The van der Waals surface area contributed by atoms with Crippen LogP contribution in [0.2, 0.25) is 5.02 Å². The van der Waals surface area contributed by atoms with E-state index in [0.717, 1.165) is 10.9 Å². The van der Waals surface area contributed by atoms with Crippen molar-refractivity contribution in [2.45, 2.75) is 24.7 Å². The van der Waals surface area contributed by atoms with Crippen LogP contribution >= 0.6 is 11.6 Å². The van der Waals surface area contributed by atoms with Crippen LogP contribution in [0.1, 0.15) is 34.4 Å². The maximum Gasteiger partial charge on any atom is 0.410 e. The summed E-state index contributed by atoms with van der Waals surface area (Å²) in [6, 6.07) is 10.6. The molecule has 0 spiro atoms. The Labute approximate surface area is 181 Å². The number of halogens is 4. The third kappa shape index (κ3) is 4.32. The SMILES string of the molecule is COc1cccc([C@@H]2C[C@@H](C(F)(F)F)n3ncc(C(=O)Nc4ccc(Cl)cc4)c3N2)c1. The number of hydrogen-bond donors (Lipinski definition) is 2. The minimum atomic E-state index is -4.54. The number of ether oxygens (including phenoxy) is 1. The Hall–Kier alpha value is -3.20. The molecule has 162 valence electrons. The topological polar surface area (TPSA) is 68.2 Å². The molecule has 31 heavy (non-hydrogen) atoms. The maximum absolute atomic E-state index is 13.8. The average molecular weight is 451 g/mol. The van der Waals surface area contributed by atoms with E-state index in [1.165, 1.54) is 7.11 Å². The van der Waals surface area contributed by atoms with Gasteiger partial charge in [-0.2, -0.15) is 18.3 Å². The van der Waals surface area contributed by atoms with Crippen molar-refractivity contribution >= 4 is 29.0 Å². The number of nitrogens with zero attached hydrogens (tertiary/aromatic N) is 2. The molecule has 1 aromatic heterocycles. The maximum atomic E-state index is 13.8. The number of aromatic nitrogens is 2. The molecule has 1 aliphatic heterocycles. The fourth-order valence-corrected chi connectivity index (χ4v) is 3.66. The number of rotatable bonds is 4. The van der Waals surface area contributed by atoms with Crippen molar-refractivity contribution in [3.63, 3.8) is 0 Å². The molecule has 0 fully saturated rings. The van der Waals surface area contributed by atoms with E-state index in [-0.39, 0.29) is 17.8 Å². The molecule has 0 bridgehead atoms. The van der Waals surface area contributed by atoms with E-state index in [0.29, 0.717) is 22.0 Å². The lowest BCUT2D eigenvalue weighted by Gasteiger charge is -2.34. The van der Waals surface area contributed by atoms with Crippen molar-refractivity contribution < 1.29 is 22.7 Å². The minimum Gasteiger partial charge on any atom is -0.497 e. The van der Waals surface area contributed by atoms with Gasteiger partial charge >= 0.3 is 6.18 Å². The number of nitrogens with one attached hydrogen (secondary N) is 2. The zero-order chi connectivity index (χ0) is 22.2. The van der Waals surface area contributed by atoms with Crippen LogP contribution in [-0.4, -0.2) is 29.0 Å². The third-order valence-electron chi connectivity index (χ3n) is 5.08. The number of methoxy groups -OCH3 is 1. The van der Waals surface area contributed by atoms with Gasteiger partial charge in [-0.15, -0.1) is 0 Å². The molecule has 0 saturated heterocycles. The van der Waals surface area contributed by atoms with Crippen molar-refractivity contribution in [2.24, 2.45) is 0 Å². The highest BCUT2D eigenvalue weighted by molar-refractivity contribution is 6.30. The van der Waals surface area contributed by atoms with Crippen molar-refractivity contribution in [3.8, 4) is 5.75 Å². The summed E-state index contributed by atoms with van der Waals surface area (Å²) in [5.41, 5.74) is 1.09. The van der Waals surface area contributed by atoms with Gasteiger partial charge < -0.3 is 15.4 Å². The molecule has 2 heterocycles. The molecule has 0 unspecified atom stereocenters. The Morgan fingerprint density at radius 1 is 1.26 bits per heavy atom. The molecule has 1 aliphatic rings. The predicted octanol–water partition coefficient (Wildman–Crippen LogP) is 5.46. The van der Waals surface area contributed by atoms with Crippen LogP contribution in [0.25, 0.3) is 0 Å². The van der Waals surface area contributed by atoms with Gasteiger partial charge in [0.2, 0.25) is 0 Å². The summed E-state index contributed by atoms with van der Waals surface area (Å²) in [4.78, 5) is 12.8. The van der Waals surface area contributed by atoms with Crippen LogP contribution in [0, 0.1) is 0 Å². The van der Waals surface area contributed by atoms with Crippen molar-refractivity contribution in [2.75, 3.05) is 17.7 Å². The van der Waals surface area contributed by atoms with Gasteiger partial charge in [0, 0.05) is 17.1 Å². The molecular weight excluding hydrogens is 433 g/mol. The summed E-state index contributed by atoms with van der Waals surface area (Å²) in [5.74, 6) is -0.0428. The van der Waals surface area contributed by atoms with Gasteiger partial charge in [-0.1, -0.05) is 23.7 Å². The van der Waals surface area contributed by atoms with Crippen LogP contribution in [0.15, 0.2) is 54.7 Å². The second-order valence-electron chi connectivity index (χ2n) is 7.08. The molecule has 3 aromatic rings. The standard InChI is InChI=1S/C21H18ClF3N4O2/c1-31-15-4-2-3-12(9-15)17-10-18(21(23,24)25)29-19(28-17)16(11-26-29)20(30)27-14-7-5-13(22)6-8-14/h2-9,11,17-18,28H,10H2,1H3,(H,27,30)/t17-,18-/m0/s1. The van der Waals surface area contributed by atoms with Crippen LogP contribution in [0.4, 0.5) is 24.7 Å². The van der Waals surface area contributed by atoms with Crippen LogP contribution < -0.4 is 15.4 Å². The number of fused-ring (bicyclic) bond motifs is 1. The molecule has 6 nitrogen and oxygen atoms in total. The van der Waals surface area contributed by atoms with Gasteiger partial charge in [0.1, 0.15) is 17.1 Å². The summed E-state index contributed by atoms with van der Waals surface area (Å²) in [6.45, 7) is 0. The fraction of sp³-hybridized carbons (Fsp3) is 0.238. The van der Waals surface area contributed by atoms with Gasteiger partial charge in [-0.05, 0) is 42.0 Å². The average Bonchev–Trinajstić information content (AvgIpc) is 3.18. The zero-order valence-electron chi connectivity index (χ0n) is 16.3. The number of anilines is 2. The van der Waals surface area contributed by atoms with Crippen molar-refractivity contribution in [1.82, 2.24) is 9.78 Å². The number of hydrogen-bond acceptors (Lipinski definition) is 4. The van der Waals surface area contributed by atoms with E-state index >= 15 is 0 Å². The highest BCUT2D eigenvalue weighted by Crippen LogP contribution is 2.44. The summed E-state index contributed by atoms with van der Waals surface area (Å²) < 4.78 is 47.5. The fourth-order valence-electron chi connectivity index (χ4n) is 3.54. The summed E-state index contributed by atoms with van der Waals surface area (Å²) in [7, 11) is 1.49. The number of alkyl halides is 3. The van der Waals surface area contributed by atoms with E-state index in [1.807, 2.05) is 0 Å². The highest BCUT2D eigenvalue weighted by atomic mass is 35.5. The van der Waals surface area contributed by atoms with Crippen LogP contribution in [0.3, 0.4) is 0 Å². The van der Waals surface area contributed by atoms with E-state index in [1.54, 1.807) is 48.5 Å². The largest absolute Gasteiger partial charge is 0.497 e. The van der Waals surface area contributed by atoms with Crippen molar-refractivity contribution in [3.05, 3.63) is 70.9 Å². The first-order chi connectivity index (χ1) is 14.8. The van der Waals surface area contributed by atoms with Crippen LogP contribution in [-0.2, 0) is 0 Å². The molecule has 2 atom stereocenters. The molecule has 1 amide bonds. The number of benzene rings is 2. The molecule has 2 N–H and O–H groups in total.